The summed E-state index contributed by atoms with van der Waals surface area (Å²) in [5.41, 5.74) is 1.44. The van der Waals surface area contributed by atoms with Crippen molar-refractivity contribution >= 4 is 39.9 Å². The molecule has 0 fully saturated rings. The van der Waals surface area contributed by atoms with Crippen LogP contribution < -0.4 is 5.32 Å². The van der Waals surface area contributed by atoms with Crippen molar-refractivity contribution in [2.45, 2.75) is 0 Å². The van der Waals surface area contributed by atoms with Gasteiger partial charge in [-0.15, -0.1) is 11.3 Å². The van der Waals surface area contributed by atoms with Crippen molar-refractivity contribution in [2.24, 2.45) is 0 Å². The molecule has 8 heteroatoms. The highest BCUT2D eigenvalue weighted by Gasteiger charge is 2.14. The zero-order valence-corrected chi connectivity index (χ0v) is 13.8. The molecule has 0 radical (unpaired) electrons. The van der Waals surface area contributed by atoms with Crippen LogP contribution in [0.5, 0.6) is 0 Å². The van der Waals surface area contributed by atoms with E-state index in [-0.39, 0.29) is 5.76 Å². The molecule has 3 aromatic rings. The van der Waals surface area contributed by atoms with Gasteiger partial charge in [-0.05, 0) is 18.2 Å². The second-order valence-corrected chi connectivity index (χ2v) is 5.88. The van der Waals surface area contributed by atoms with Crippen molar-refractivity contribution in [3.8, 4) is 11.3 Å². The van der Waals surface area contributed by atoms with Crippen LogP contribution in [0.25, 0.3) is 11.3 Å². The lowest BCUT2D eigenvalue weighted by molar-refractivity contribution is -0.119. The van der Waals surface area contributed by atoms with Crippen LogP contribution in [0.2, 0.25) is 5.02 Å². The maximum atomic E-state index is 11.8. The van der Waals surface area contributed by atoms with E-state index in [4.69, 9.17) is 20.8 Å². The molecule has 0 aliphatic carbocycles. The molecule has 0 bridgehead atoms. The highest BCUT2D eigenvalue weighted by molar-refractivity contribution is 7.14. The summed E-state index contributed by atoms with van der Waals surface area (Å²) in [5, 5.41) is 5.32. The van der Waals surface area contributed by atoms with E-state index < -0.39 is 18.5 Å². The van der Waals surface area contributed by atoms with Crippen LogP contribution in [-0.4, -0.2) is 23.5 Å². The summed E-state index contributed by atoms with van der Waals surface area (Å²) >= 11 is 7.37. The monoisotopic (exact) mass is 362 g/mol. The van der Waals surface area contributed by atoms with Gasteiger partial charge in [0.05, 0.1) is 12.0 Å². The van der Waals surface area contributed by atoms with E-state index in [2.05, 4.69) is 10.3 Å². The number of anilines is 1. The third-order valence-corrected chi connectivity index (χ3v) is 4.04. The van der Waals surface area contributed by atoms with Crippen molar-refractivity contribution in [3.05, 3.63) is 58.8 Å². The van der Waals surface area contributed by atoms with E-state index in [1.54, 1.807) is 17.5 Å². The van der Waals surface area contributed by atoms with E-state index in [1.165, 1.54) is 23.7 Å². The molecule has 122 valence electrons. The lowest BCUT2D eigenvalue weighted by Crippen LogP contribution is -2.20. The lowest BCUT2D eigenvalue weighted by atomic mass is 10.2. The van der Waals surface area contributed by atoms with Crippen LogP contribution in [0.15, 0.2) is 52.5 Å². The van der Waals surface area contributed by atoms with E-state index in [1.807, 2.05) is 18.2 Å². The predicted molar refractivity (Wildman–Crippen MR) is 90.2 cm³/mol. The Labute approximate surface area is 146 Å². The number of hydrogen-bond acceptors (Lipinski definition) is 6. The zero-order chi connectivity index (χ0) is 16.9. The van der Waals surface area contributed by atoms with Gasteiger partial charge in [0.25, 0.3) is 5.91 Å². The topological polar surface area (TPSA) is 81.4 Å². The van der Waals surface area contributed by atoms with E-state index in [0.717, 1.165) is 5.56 Å². The Balaban J connectivity index is 1.58. The Morgan fingerprint density at radius 1 is 1.25 bits per heavy atom. The van der Waals surface area contributed by atoms with Gasteiger partial charge in [-0.25, -0.2) is 9.78 Å². The molecule has 1 N–H and O–H groups in total. The molecular weight excluding hydrogens is 352 g/mol. The van der Waals surface area contributed by atoms with Crippen LogP contribution in [0.1, 0.15) is 10.6 Å². The Morgan fingerprint density at radius 2 is 2.08 bits per heavy atom. The van der Waals surface area contributed by atoms with E-state index >= 15 is 0 Å². The molecule has 2 heterocycles. The lowest BCUT2D eigenvalue weighted by Gasteiger charge is -2.03. The third-order valence-electron chi connectivity index (χ3n) is 2.96. The molecule has 0 unspecified atom stereocenters. The summed E-state index contributed by atoms with van der Waals surface area (Å²) in [7, 11) is 0. The molecule has 1 amide bonds. The number of furan rings is 1. The number of carbonyl (C=O) groups excluding carboxylic acids is 2. The molecule has 6 nitrogen and oxygen atoms in total. The van der Waals surface area contributed by atoms with Crippen molar-refractivity contribution in [1.29, 1.82) is 0 Å². The Kier molecular flexibility index (Phi) is 4.93. The van der Waals surface area contributed by atoms with Gasteiger partial charge in [0, 0.05) is 16.0 Å². The van der Waals surface area contributed by atoms with Crippen molar-refractivity contribution in [3.63, 3.8) is 0 Å². The standard InChI is InChI=1S/C16H11ClN2O4S/c17-11-5-2-1-4-10(11)12-9-24-16(18-12)19-14(20)8-23-15(21)13-6-3-7-22-13/h1-7,9H,8H2,(H,18,19,20). The minimum Gasteiger partial charge on any atom is -0.457 e. The van der Waals surface area contributed by atoms with Gasteiger partial charge in [0.1, 0.15) is 0 Å². The first-order valence-electron chi connectivity index (χ1n) is 6.84. The Morgan fingerprint density at radius 3 is 2.83 bits per heavy atom. The molecule has 0 saturated heterocycles. The van der Waals surface area contributed by atoms with Gasteiger partial charge in [0.2, 0.25) is 5.76 Å². The smallest absolute Gasteiger partial charge is 0.374 e. The number of halogens is 1. The zero-order valence-electron chi connectivity index (χ0n) is 12.2. The number of nitrogens with one attached hydrogen (secondary N) is 1. The minimum atomic E-state index is -0.703. The fourth-order valence-corrected chi connectivity index (χ4v) is 2.84. The van der Waals surface area contributed by atoms with Crippen LogP contribution in [0.4, 0.5) is 5.13 Å². The van der Waals surface area contributed by atoms with Gasteiger partial charge in [0.15, 0.2) is 11.7 Å². The number of esters is 1. The van der Waals surface area contributed by atoms with Gasteiger partial charge >= 0.3 is 5.97 Å². The van der Waals surface area contributed by atoms with Gasteiger partial charge in [-0.2, -0.15) is 0 Å². The number of rotatable bonds is 5. The first kappa shape index (κ1) is 16.2. The number of benzene rings is 1. The van der Waals surface area contributed by atoms with Crippen molar-refractivity contribution in [1.82, 2.24) is 4.98 Å². The molecule has 24 heavy (non-hydrogen) atoms. The fourth-order valence-electron chi connectivity index (χ4n) is 1.88. The molecular formula is C16H11ClN2O4S. The summed E-state index contributed by atoms with van der Waals surface area (Å²) in [6, 6.07) is 10.3. The largest absolute Gasteiger partial charge is 0.457 e. The van der Waals surface area contributed by atoms with Gasteiger partial charge < -0.3 is 9.15 Å². The van der Waals surface area contributed by atoms with E-state index in [0.29, 0.717) is 15.8 Å². The summed E-state index contributed by atoms with van der Waals surface area (Å²) < 4.78 is 9.72. The maximum Gasteiger partial charge on any atom is 0.374 e. The molecule has 3 rings (SSSR count). The number of hydrogen-bond donors (Lipinski definition) is 1. The molecule has 0 saturated carbocycles. The first-order chi connectivity index (χ1) is 11.6. The highest BCUT2D eigenvalue weighted by Crippen LogP contribution is 2.30. The van der Waals surface area contributed by atoms with Crippen LogP contribution in [-0.2, 0) is 9.53 Å². The average molecular weight is 363 g/mol. The number of aromatic nitrogens is 1. The maximum absolute atomic E-state index is 11.8. The van der Waals surface area contributed by atoms with Crippen molar-refractivity contribution < 1.29 is 18.7 Å². The Bertz CT molecular complexity index is 861. The second kappa shape index (κ2) is 7.29. The number of ether oxygens (including phenoxy) is 1. The number of amides is 1. The Hall–Kier alpha value is -2.64. The normalized spacial score (nSPS) is 10.4. The second-order valence-electron chi connectivity index (χ2n) is 4.62. The van der Waals surface area contributed by atoms with Crippen molar-refractivity contribution in [2.75, 3.05) is 11.9 Å². The molecule has 0 aliphatic rings. The van der Waals surface area contributed by atoms with Crippen LogP contribution in [0.3, 0.4) is 0 Å². The number of thiazole rings is 1. The predicted octanol–water partition coefficient (Wildman–Crippen LogP) is 3.85. The summed E-state index contributed by atoms with van der Waals surface area (Å²) in [4.78, 5) is 27.7. The number of carbonyl (C=O) groups is 2. The molecule has 0 aliphatic heterocycles. The SMILES string of the molecule is O=C(COC(=O)c1ccco1)Nc1nc(-c2ccccc2Cl)cs1. The molecule has 1 aromatic carbocycles. The van der Waals surface area contributed by atoms with Crippen LogP contribution >= 0.6 is 22.9 Å². The number of nitrogens with zero attached hydrogens (tertiary/aromatic N) is 1. The summed E-state index contributed by atoms with van der Waals surface area (Å²) in [6.07, 6.45) is 1.35. The third kappa shape index (κ3) is 3.81. The quantitative estimate of drug-likeness (QED) is 0.697. The highest BCUT2D eigenvalue weighted by atomic mass is 35.5. The minimum absolute atomic E-state index is 0.0399. The fraction of sp³-hybridized carbons (Fsp3) is 0.0625. The van der Waals surface area contributed by atoms with E-state index in [9.17, 15) is 9.59 Å². The molecule has 0 spiro atoms. The first-order valence-corrected chi connectivity index (χ1v) is 8.10. The van der Waals surface area contributed by atoms with Gasteiger partial charge in [-0.1, -0.05) is 29.8 Å². The molecule has 2 aromatic heterocycles. The van der Waals surface area contributed by atoms with Crippen LogP contribution in [0, 0.1) is 0 Å². The summed E-state index contributed by atoms with van der Waals surface area (Å²) in [5.74, 6) is -1.15. The average Bonchev–Trinajstić information content (AvgIpc) is 3.25. The van der Waals surface area contributed by atoms with Gasteiger partial charge in [-0.3, -0.25) is 10.1 Å². The summed E-state index contributed by atoms with van der Waals surface area (Å²) in [6.45, 7) is -0.430. The molecule has 0 atom stereocenters.